The van der Waals surface area contributed by atoms with Gasteiger partial charge in [0.25, 0.3) is 0 Å². The highest BCUT2D eigenvalue weighted by Crippen LogP contribution is 2.27. The van der Waals surface area contributed by atoms with Crippen molar-refractivity contribution in [3.05, 3.63) is 23.8 Å². The first-order valence-electron chi connectivity index (χ1n) is 5.14. The molecule has 1 atom stereocenters. The highest BCUT2D eigenvalue weighted by atomic mass is 32.2. The van der Waals surface area contributed by atoms with Gasteiger partial charge in [0.15, 0.2) is 0 Å². The second-order valence-electron chi connectivity index (χ2n) is 3.44. The Morgan fingerprint density at radius 3 is 2.12 bits per heavy atom. The average molecular weight is 241 g/mol. The third-order valence-corrected chi connectivity index (χ3v) is 3.12. The van der Waals surface area contributed by atoms with E-state index >= 15 is 0 Å². The van der Waals surface area contributed by atoms with Gasteiger partial charge in [-0.25, -0.2) is 0 Å². The molecule has 1 aromatic carbocycles. The number of hydrogen-bond acceptors (Lipinski definition) is 4. The Kier molecular flexibility index (Phi) is 5.49. The van der Waals surface area contributed by atoms with Crippen molar-refractivity contribution in [1.82, 2.24) is 5.32 Å². The Balaban J connectivity index is 3.00. The first-order valence-corrected chi connectivity index (χ1v) is 6.53. The molecule has 4 heteroatoms. The molecule has 16 heavy (non-hydrogen) atoms. The summed E-state index contributed by atoms with van der Waals surface area (Å²) in [7, 11) is 5.30. The van der Waals surface area contributed by atoms with Crippen LogP contribution in [0.4, 0.5) is 0 Å². The lowest BCUT2D eigenvalue weighted by Crippen LogP contribution is -2.18. The Bertz CT molecular complexity index is 309. The zero-order valence-corrected chi connectivity index (χ0v) is 11.1. The van der Waals surface area contributed by atoms with Gasteiger partial charge in [-0.15, -0.1) is 0 Å². The Morgan fingerprint density at radius 1 is 1.19 bits per heavy atom. The fraction of sp³-hybridized carbons (Fsp3) is 0.500. The molecule has 0 saturated carbocycles. The van der Waals surface area contributed by atoms with E-state index < -0.39 is 0 Å². The largest absolute Gasteiger partial charge is 0.497 e. The molecule has 0 radical (unpaired) electrons. The van der Waals surface area contributed by atoms with Crippen LogP contribution in [0, 0.1) is 0 Å². The van der Waals surface area contributed by atoms with Crippen molar-refractivity contribution in [3.63, 3.8) is 0 Å². The summed E-state index contributed by atoms with van der Waals surface area (Å²) in [6.45, 7) is 0. The standard InChI is InChI=1S/C12H19NO2S/c1-13-12(8-16-4)9-5-10(14-2)7-11(6-9)15-3/h5-7,12-13H,8H2,1-4H3. The number of ether oxygens (including phenoxy) is 2. The summed E-state index contributed by atoms with van der Waals surface area (Å²) in [6, 6.07) is 6.29. The quantitative estimate of drug-likeness (QED) is 0.828. The van der Waals surface area contributed by atoms with Gasteiger partial charge < -0.3 is 14.8 Å². The van der Waals surface area contributed by atoms with Crippen molar-refractivity contribution in [2.75, 3.05) is 33.3 Å². The number of benzene rings is 1. The number of rotatable bonds is 6. The lowest BCUT2D eigenvalue weighted by Gasteiger charge is -2.17. The van der Waals surface area contributed by atoms with E-state index in [-0.39, 0.29) is 0 Å². The van der Waals surface area contributed by atoms with E-state index in [1.54, 1.807) is 14.2 Å². The molecule has 0 heterocycles. The molecule has 1 rings (SSSR count). The van der Waals surface area contributed by atoms with Crippen molar-refractivity contribution < 1.29 is 9.47 Å². The molecule has 0 aromatic heterocycles. The predicted octanol–water partition coefficient (Wildman–Crippen LogP) is 2.33. The lowest BCUT2D eigenvalue weighted by molar-refractivity contribution is 0.392. The molecule has 0 fully saturated rings. The van der Waals surface area contributed by atoms with Gasteiger partial charge in [0.1, 0.15) is 11.5 Å². The minimum absolute atomic E-state index is 0.319. The third kappa shape index (κ3) is 3.32. The van der Waals surface area contributed by atoms with Crippen LogP contribution in [0.15, 0.2) is 18.2 Å². The van der Waals surface area contributed by atoms with E-state index in [0.717, 1.165) is 17.3 Å². The molecule has 90 valence electrons. The summed E-state index contributed by atoms with van der Waals surface area (Å²) < 4.78 is 10.5. The zero-order valence-electron chi connectivity index (χ0n) is 10.2. The SMILES string of the molecule is CNC(CSC)c1cc(OC)cc(OC)c1. The van der Waals surface area contributed by atoms with Gasteiger partial charge in [0, 0.05) is 17.9 Å². The van der Waals surface area contributed by atoms with E-state index in [1.165, 1.54) is 5.56 Å². The van der Waals surface area contributed by atoms with E-state index in [0.29, 0.717) is 6.04 Å². The monoisotopic (exact) mass is 241 g/mol. The maximum atomic E-state index is 5.26. The number of nitrogens with one attached hydrogen (secondary N) is 1. The van der Waals surface area contributed by atoms with Crippen LogP contribution in [-0.4, -0.2) is 33.3 Å². The van der Waals surface area contributed by atoms with Crippen LogP contribution in [0.3, 0.4) is 0 Å². The smallest absolute Gasteiger partial charge is 0.122 e. The highest BCUT2D eigenvalue weighted by molar-refractivity contribution is 7.98. The Labute approximate surface area is 102 Å². The Hall–Kier alpha value is -0.870. The van der Waals surface area contributed by atoms with Crippen LogP contribution in [0.5, 0.6) is 11.5 Å². The molecule has 0 bridgehead atoms. The number of hydrogen-bond donors (Lipinski definition) is 1. The molecule has 1 unspecified atom stereocenters. The third-order valence-electron chi connectivity index (χ3n) is 2.46. The van der Waals surface area contributed by atoms with Gasteiger partial charge >= 0.3 is 0 Å². The summed E-state index contributed by atoms with van der Waals surface area (Å²) in [4.78, 5) is 0. The van der Waals surface area contributed by atoms with Crippen LogP contribution in [-0.2, 0) is 0 Å². The van der Waals surface area contributed by atoms with Crippen LogP contribution < -0.4 is 14.8 Å². The summed E-state index contributed by atoms with van der Waals surface area (Å²) >= 11 is 1.81. The van der Waals surface area contributed by atoms with Gasteiger partial charge in [-0.3, -0.25) is 0 Å². The molecule has 0 aliphatic rings. The van der Waals surface area contributed by atoms with Crippen LogP contribution in [0.1, 0.15) is 11.6 Å². The fourth-order valence-electron chi connectivity index (χ4n) is 1.54. The highest BCUT2D eigenvalue weighted by Gasteiger charge is 2.11. The van der Waals surface area contributed by atoms with E-state index in [1.807, 2.05) is 37.0 Å². The number of thioether (sulfide) groups is 1. The van der Waals surface area contributed by atoms with Crippen molar-refractivity contribution in [3.8, 4) is 11.5 Å². The van der Waals surface area contributed by atoms with Gasteiger partial charge in [-0.2, -0.15) is 11.8 Å². The van der Waals surface area contributed by atoms with Crippen molar-refractivity contribution in [1.29, 1.82) is 0 Å². The number of methoxy groups -OCH3 is 2. The normalized spacial score (nSPS) is 12.2. The molecule has 0 amide bonds. The maximum absolute atomic E-state index is 5.26. The van der Waals surface area contributed by atoms with Gasteiger partial charge in [0.05, 0.1) is 14.2 Å². The van der Waals surface area contributed by atoms with Gasteiger partial charge in [0.2, 0.25) is 0 Å². The first kappa shape index (κ1) is 13.2. The predicted molar refractivity (Wildman–Crippen MR) is 69.7 cm³/mol. The van der Waals surface area contributed by atoms with Crippen LogP contribution in [0.2, 0.25) is 0 Å². The van der Waals surface area contributed by atoms with Crippen molar-refractivity contribution in [2.45, 2.75) is 6.04 Å². The summed E-state index contributed by atoms with van der Waals surface area (Å²) in [5, 5.41) is 3.29. The summed E-state index contributed by atoms with van der Waals surface area (Å²) in [5.41, 5.74) is 1.19. The van der Waals surface area contributed by atoms with Gasteiger partial charge in [-0.1, -0.05) is 0 Å². The molecule has 0 saturated heterocycles. The van der Waals surface area contributed by atoms with Gasteiger partial charge in [-0.05, 0) is 31.0 Å². The summed E-state index contributed by atoms with van der Waals surface area (Å²) in [6.07, 6.45) is 2.10. The van der Waals surface area contributed by atoms with E-state index in [2.05, 4.69) is 11.6 Å². The van der Waals surface area contributed by atoms with E-state index in [4.69, 9.17) is 9.47 Å². The maximum Gasteiger partial charge on any atom is 0.122 e. The fourth-order valence-corrected chi connectivity index (χ4v) is 2.24. The molecule has 0 spiro atoms. The van der Waals surface area contributed by atoms with Crippen molar-refractivity contribution >= 4 is 11.8 Å². The minimum atomic E-state index is 0.319. The lowest BCUT2D eigenvalue weighted by atomic mass is 10.1. The first-order chi connectivity index (χ1) is 7.74. The topological polar surface area (TPSA) is 30.5 Å². The van der Waals surface area contributed by atoms with E-state index in [9.17, 15) is 0 Å². The van der Waals surface area contributed by atoms with Crippen LogP contribution >= 0.6 is 11.8 Å². The Morgan fingerprint density at radius 2 is 1.75 bits per heavy atom. The minimum Gasteiger partial charge on any atom is -0.497 e. The molecule has 1 N–H and O–H groups in total. The summed E-state index contributed by atoms with van der Waals surface area (Å²) in [5.74, 6) is 2.68. The molecular formula is C12H19NO2S. The zero-order chi connectivity index (χ0) is 12.0. The molecule has 1 aromatic rings. The molecular weight excluding hydrogens is 222 g/mol. The molecule has 3 nitrogen and oxygen atoms in total. The average Bonchev–Trinajstić information content (AvgIpc) is 2.35. The second-order valence-corrected chi connectivity index (χ2v) is 4.35. The van der Waals surface area contributed by atoms with Crippen LogP contribution in [0.25, 0.3) is 0 Å². The second kappa shape index (κ2) is 6.66. The molecule has 0 aliphatic carbocycles. The van der Waals surface area contributed by atoms with Crippen molar-refractivity contribution in [2.24, 2.45) is 0 Å². The molecule has 0 aliphatic heterocycles.